The standard InChI is InChI=1S/C10H20INO2/c1-5-12(6-2)7-8-14-9(13)10(3,4)11/h5-8H2,1-4H3/p+1. The van der Waals surface area contributed by atoms with Crippen molar-refractivity contribution >= 4 is 28.6 Å². The molecule has 0 aliphatic heterocycles. The van der Waals surface area contributed by atoms with E-state index in [-0.39, 0.29) is 5.97 Å². The van der Waals surface area contributed by atoms with Crippen LogP contribution in [-0.4, -0.2) is 35.6 Å². The van der Waals surface area contributed by atoms with Gasteiger partial charge < -0.3 is 9.64 Å². The first-order chi connectivity index (χ1) is 6.41. The summed E-state index contributed by atoms with van der Waals surface area (Å²) in [5.41, 5.74) is 0. The molecule has 0 bridgehead atoms. The Kier molecular flexibility index (Phi) is 6.68. The van der Waals surface area contributed by atoms with Crippen molar-refractivity contribution in [3.8, 4) is 0 Å². The lowest BCUT2D eigenvalue weighted by molar-refractivity contribution is -0.896. The summed E-state index contributed by atoms with van der Waals surface area (Å²) in [6, 6.07) is 0. The number of alkyl halides is 1. The number of ether oxygens (including phenoxy) is 1. The van der Waals surface area contributed by atoms with Crippen LogP contribution in [0.15, 0.2) is 0 Å². The molecule has 0 fully saturated rings. The average molecular weight is 314 g/mol. The third-order valence-corrected chi connectivity index (χ3v) is 2.61. The number of halogens is 1. The van der Waals surface area contributed by atoms with Gasteiger partial charge in [-0.1, -0.05) is 22.6 Å². The smallest absolute Gasteiger partial charge is 0.321 e. The summed E-state index contributed by atoms with van der Waals surface area (Å²) < 4.78 is 4.77. The first-order valence-electron chi connectivity index (χ1n) is 5.11. The van der Waals surface area contributed by atoms with E-state index in [0.717, 1.165) is 19.6 Å². The summed E-state index contributed by atoms with van der Waals surface area (Å²) in [5, 5.41) is 0. The topological polar surface area (TPSA) is 30.7 Å². The number of nitrogens with one attached hydrogen (secondary N) is 1. The van der Waals surface area contributed by atoms with Crippen molar-refractivity contribution in [3.63, 3.8) is 0 Å². The largest absolute Gasteiger partial charge is 0.459 e. The van der Waals surface area contributed by atoms with E-state index in [1.807, 2.05) is 13.8 Å². The third-order valence-electron chi connectivity index (χ3n) is 2.17. The SMILES string of the molecule is CC[NH+](CC)CCOC(=O)C(C)(C)I. The molecule has 0 spiro atoms. The van der Waals surface area contributed by atoms with Crippen molar-refractivity contribution in [1.29, 1.82) is 0 Å². The number of hydrogen-bond acceptors (Lipinski definition) is 2. The van der Waals surface area contributed by atoms with Crippen LogP contribution in [0.3, 0.4) is 0 Å². The predicted octanol–water partition coefficient (Wildman–Crippen LogP) is 0.668. The fourth-order valence-corrected chi connectivity index (χ4v) is 1.22. The van der Waals surface area contributed by atoms with Crippen molar-refractivity contribution < 1.29 is 14.4 Å². The van der Waals surface area contributed by atoms with E-state index in [2.05, 4.69) is 36.4 Å². The number of carbonyl (C=O) groups is 1. The maximum atomic E-state index is 11.4. The van der Waals surface area contributed by atoms with Crippen molar-refractivity contribution in [3.05, 3.63) is 0 Å². The van der Waals surface area contributed by atoms with Crippen LogP contribution in [0.1, 0.15) is 27.7 Å². The minimum absolute atomic E-state index is 0.121. The van der Waals surface area contributed by atoms with Gasteiger partial charge in [0.1, 0.15) is 16.6 Å². The third kappa shape index (κ3) is 5.80. The molecule has 0 atom stereocenters. The fraction of sp³-hybridized carbons (Fsp3) is 0.900. The van der Waals surface area contributed by atoms with E-state index in [4.69, 9.17) is 4.74 Å². The monoisotopic (exact) mass is 314 g/mol. The molecule has 0 amide bonds. The van der Waals surface area contributed by atoms with E-state index in [9.17, 15) is 4.79 Å². The van der Waals surface area contributed by atoms with Gasteiger partial charge in [-0.3, -0.25) is 4.79 Å². The Balaban J connectivity index is 3.69. The Morgan fingerprint density at radius 2 is 1.86 bits per heavy atom. The molecule has 3 nitrogen and oxygen atoms in total. The Morgan fingerprint density at radius 1 is 1.36 bits per heavy atom. The molecule has 0 aliphatic rings. The molecule has 1 N–H and O–H groups in total. The second-order valence-corrected chi connectivity index (χ2v) is 6.51. The zero-order valence-corrected chi connectivity index (χ0v) is 11.7. The highest BCUT2D eigenvalue weighted by Gasteiger charge is 2.25. The summed E-state index contributed by atoms with van der Waals surface area (Å²) in [7, 11) is 0. The van der Waals surface area contributed by atoms with Crippen LogP contribution < -0.4 is 4.90 Å². The average Bonchev–Trinajstić information content (AvgIpc) is 2.10. The van der Waals surface area contributed by atoms with Crippen LogP contribution in [0.25, 0.3) is 0 Å². The lowest BCUT2D eigenvalue weighted by Gasteiger charge is -2.18. The molecule has 0 radical (unpaired) electrons. The molecule has 0 unspecified atom stereocenters. The minimum Gasteiger partial charge on any atom is -0.459 e. The lowest BCUT2D eigenvalue weighted by Crippen LogP contribution is -3.11. The van der Waals surface area contributed by atoms with Gasteiger partial charge in [-0.05, 0) is 27.7 Å². The number of carbonyl (C=O) groups excluding carboxylic acids is 1. The summed E-state index contributed by atoms with van der Waals surface area (Å²) in [5.74, 6) is -0.121. The van der Waals surface area contributed by atoms with Crippen LogP contribution in [-0.2, 0) is 9.53 Å². The van der Waals surface area contributed by atoms with Crippen molar-refractivity contribution in [1.82, 2.24) is 0 Å². The van der Waals surface area contributed by atoms with Gasteiger partial charge in [0.05, 0.1) is 13.1 Å². The van der Waals surface area contributed by atoms with Gasteiger partial charge in [0.2, 0.25) is 0 Å². The van der Waals surface area contributed by atoms with Gasteiger partial charge in [-0.15, -0.1) is 0 Å². The number of esters is 1. The second-order valence-electron chi connectivity index (χ2n) is 3.82. The molecule has 84 valence electrons. The molecular weight excluding hydrogens is 293 g/mol. The Labute approximate surface area is 100 Å². The first kappa shape index (κ1) is 14.2. The maximum absolute atomic E-state index is 11.4. The molecule has 0 aromatic carbocycles. The van der Waals surface area contributed by atoms with E-state index < -0.39 is 3.42 Å². The fourth-order valence-electron chi connectivity index (χ4n) is 1.06. The van der Waals surface area contributed by atoms with Gasteiger partial charge >= 0.3 is 5.97 Å². The summed E-state index contributed by atoms with van der Waals surface area (Å²) in [6.45, 7) is 11.6. The van der Waals surface area contributed by atoms with Gasteiger partial charge in [0, 0.05) is 0 Å². The van der Waals surface area contributed by atoms with E-state index >= 15 is 0 Å². The van der Waals surface area contributed by atoms with Crippen LogP contribution in [0.2, 0.25) is 0 Å². The maximum Gasteiger partial charge on any atom is 0.321 e. The molecule has 0 rings (SSSR count). The molecule has 0 aliphatic carbocycles. The molecule has 14 heavy (non-hydrogen) atoms. The van der Waals surface area contributed by atoms with E-state index in [1.54, 1.807) is 0 Å². The molecule has 0 heterocycles. The van der Waals surface area contributed by atoms with Crippen LogP contribution in [0, 0.1) is 0 Å². The second kappa shape index (κ2) is 6.61. The molecule has 0 aromatic rings. The quantitative estimate of drug-likeness (QED) is 0.444. The molecular formula is C10H21INO2+. The number of hydrogen-bond donors (Lipinski definition) is 1. The van der Waals surface area contributed by atoms with Crippen molar-refractivity contribution in [2.45, 2.75) is 31.1 Å². The number of likely N-dealkylation sites (N-methyl/N-ethyl adjacent to an activating group) is 1. The summed E-state index contributed by atoms with van der Waals surface area (Å²) in [6.07, 6.45) is 0. The zero-order valence-electron chi connectivity index (χ0n) is 9.52. The Morgan fingerprint density at radius 3 is 2.21 bits per heavy atom. The predicted molar refractivity (Wildman–Crippen MR) is 66.0 cm³/mol. The van der Waals surface area contributed by atoms with Gasteiger partial charge in [-0.2, -0.15) is 0 Å². The van der Waals surface area contributed by atoms with Crippen molar-refractivity contribution in [2.24, 2.45) is 0 Å². The van der Waals surface area contributed by atoms with Gasteiger partial charge in [0.25, 0.3) is 0 Å². The molecule has 4 heteroatoms. The van der Waals surface area contributed by atoms with E-state index in [1.165, 1.54) is 4.90 Å². The highest BCUT2D eigenvalue weighted by atomic mass is 127. The van der Waals surface area contributed by atoms with Crippen LogP contribution in [0.5, 0.6) is 0 Å². The molecule has 0 saturated carbocycles. The lowest BCUT2D eigenvalue weighted by atomic mass is 10.2. The number of rotatable bonds is 6. The first-order valence-corrected chi connectivity index (χ1v) is 6.19. The van der Waals surface area contributed by atoms with Gasteiger partial charge in [-0.25, -0.2) is 0 Å². The summed E-state index contributed by atoms with van der Waals surface area (Å²) in [4.78, 5) is 12.8. The zero-order chi connectivity index (χ0) is 11.2. The highest BCUT2D eigenvalue weighted by molar-refractivity contribution is 14.1. The Hall–Kier alpha value is 0.160. The van der Waals surface area contributed by atoms with Crippen LogP contribution in [0.4, 0.5) is 0 Å². The molecule has 0 saturated heterocycles. The van der Waals surface area contributed by atoms with Crippen LogP contribution >= 0.6 is 22.6 Å². The Bertz CT molecular complexity index is 173. The van der Waals surface area contributed by atoms with Crippen molar-refractivity contribution in [2.75, 3.05) is 26.2 Å². The number of quaternary nitrogens is 1. The molecule has 0 aromatic heterocycles. The van der Waals surface area contributed by atoms with Gasteiger partial charge in [0.15, 0.2) is 0 Å². The normalized spacial score (nSPS) is 11.9. The highest BCUT2D eigenvalue weighted by Crippen LogP contribution is 2.17. The van der Waals surface area contributed by atoms with E-state index in [0.29, 0.717) is 6.61 Å². The minimum atomic E-state index is -0.406. The summed E-state index contributed by atoms with van der Waals surface area (Å²) >= 11 is 2.10.